The van der Waals surface area contributed by atoms with E-state index in [0.717, 1.165) is 11.8 Å². The molecule has 0 aliphatic rings. The third-order valence-corrected chi connectivity index (χ3v) is 3.02. The van der Waals surface area contributed by atoms with E-state index in [1.54, 1.807) is 17.9 Å². The van der Waals surface area contributed by atoms with Crippen LogP contribution in [0.15, 0.2) is 30.5 Å². The zero-order valence-corrected chi connectivity index (χ0v) is 11.2. The molecule has 0 radical (unpaired) electrons. The van der Waals surface area contributed by atoms with Gasteiger partial charge in [-0.3, -0.25) is 24.9 Å². The van der Waals surface area contributed by atoms with Crippen molar-refractivity contribution >= 4 is 11.4 Å². The quantitative estimate of drug-likeness (QED) is 0.637. The fourth-order valence-corrected chi connectivity index (χ4v) is 1.89. The third kappa shape index (κ3) is 3.39. The van der Waals surface area contributed by atoms with E-state index in [2.05, 4.69) is 10.4 Å². The Bertz CT molecular complexity index is 682. The fourth-order valence-electron chi connectivity index (χ4n) is 1.89. The van der Waals surface area contributed by atoms with E-state index in [1.807, 2.05) is 6.07 Å². The molecule has 1 N–H and O–H groups in total. The summed E-state index contributed by atoms with van der Waals surface area (Å²) in [5, 5.41) is 28.7. The van der Waals surface area contributed by atoms with Crippen LogP contribution < -0.4 is 5.32 Å². The Labute approximate surface area is 119 Å². The van der Waals surface area contributed by atoms with E-state index >= 15 is 0 Å². The maximum absolute atomic E-state index is 11.0. The van der Waals surface area contributed by atoms with Gasteiger partial charge in [-0.15, -0.1) is 0 Å². The highest BCUT2D eigenvalue weighted by molar-refractivity contribution is 5.49. The monoisotopic (exact) mass is 291 g/mol. The minimum atomic E-state index is -0.653. The first-order valence-corrected chi connectivity index (χ1v) is 6.08. The highest BCUT2D eigenvalue weighted by Gasteiger charge is 2.18. The number of aryl methyl sites for hydroxylation is 1. The van der Waals surface area contributed by atoms with Crippen LogP contribution in [0.2, 0.25) is 0 Å². The molecule has 9 nitrogen and oxygen atoms in total. The molecule has 2 aromatic rings. The van der Waals surface area contributed by atoms with Gasteiger partial charge in [-0.05, 0) is 12.1 Å². The minimum absolute atomic E-state index is 0.236. The topological polar surface area (TPSA) is 116 Å². The molecule has 9 heteroatoms. The second kappa shape index (κ2) is 6.09. The van der Waals surface area contributed by atoms with Crippen molar-refractivity contribution in [1.82, 2.24) is 15.1 Å². The summed E-state index contributed by atoms with van der Waals surface area (Å²) in [4.78, 5) is 20.4. The van der Waals surface area contributed by atoms with Crippen molar-refractivity contribution in [3.63, 3.8) is 0 Å². The van der Waals surface area contributed by atoms with Crippen molar-refractivity contribution in [2.75, 3.05) is 0 Å². The standard InChI is InChI=1S/C12H13N5O4/c1-15-11(4-5-14-15)8-13-7-9-2-3-10(16(18)19)6-12(9)17(20)21/h2-6,13H,7-8H2,1H3. The molecule has 0 fully saturated rings. The zero-order valence-electron chi connectivity index (χ0n) is 11.2. The number of non-ortho nitro benzene ring substituents is 1. The Kier molecular flexibility index (Phi) is 4.24. The summed E-state index contributed by atoms with van der Waals surface area (Å²) in [6, 6.07) is 5.46. The van der Waals surface area contributed by atoms with Gasteiger partial charge in [-0.25, -0.2) is 0 Å². The molecule has 1 aromatic heterocycles. The van der Waals surface area contributed by atoms with Crippen molar-refractivity contribution in [3.05, 3.63) is 61.9 Å². The Morgan fingerprint density at radius 1 is 1.19 bits per heavy atom. The number of aromatic nitrogens is 2. The number of nitrogens with zero attached hydrogens (tertiary/aromatic N) is 4. The second-order valence-electron chi connectivity index (χ2n) is 4.38. The summed E-state index contributed by atoms with van der Waals surface area (Å²) >= 11 is 0. The smallest absolute Gasteiger partial charge is 0.280 e. The van der Waals surface area contributed by atoms with Gasteiger partial charge in [0.25, 0.3) is 11.4 Å². The van der Waals surface area contributed by atoms with Crippen LogP contribution >= 0.6 is 0 Å². The summed E-state index contributed by atoms with van der Waals surface area (Å²) in [7, 11) is 1.80. The largest absolute Gasteiger partial charge is 0.307 e. The summed E-state index contributed by atoms with van der Waals surface area (Å²) in [6.45, 7) is 0.726. The van der Waals surface area contributed by atoms with Gasteiger partial charge in [0.15, 0.2) is 0 Å². The number of benzene rings is 1. The molecule has 0 atom stereocenters. The molecule has 0 saturated carbocycles. The molecule has 21 heavy (non-hydrogen) atoms. The van der Waals surface area contributed by atoms with Crippen LogP contribution in [0.5, 0.6) is 0 Å². The Hall–Kier alpha value is -2.81. The average Bonchev–Trinajstić information content (AvgIpc) is 2.84. The van der Waals surface area contributed by atoms with Gasteiger partial charge < -0.3 is 5.32 Å². The highest BCUT2D eigenvalue weighted by atomic mass is 16.6. The van der Waals surface area contributed by atoms with Gasteiger partial charge in [0.1, 0.15) is 0 Å². The molecule has 0 aliphatic heterocycles. The van der Waals surface area contributed by atoms with Crippen LogP contribution in [0.3, 0.4) is 0 Å². The maximum Gasteiger partial charge on any atom is 0.280 e. The molecule has 0 saturated heterocycles. The van der Waals surface area contributed by atoms with Crippen molar-refractivity contribution < 1.29 is 9.85 Å². The van der Waals surface area contributed by atoms with E-state index in [4.69, 9.17) is 0 Å². The lowest BCUT2D eigenvalue weighted by molar-refractivity contribution is -0.394. The lowest BCUT2D eigenvalue weighted by Gasteiger charge is -2.06. The van der Waals surface area contributed by atoms with Crippen LogP contribution in [0.4, 0.5) is 11.4 Å². The third-order valence-electron chi connectivity index (χ3n) is 3.02. The zero-order chi connectivity index (χ0) is 15.4. The first kappa shape index (κ1) is 14.6. The van der Waals surface area contributed by atoms with Crippen LogP contribution in [0.1, 0.15) is 11.3 Å². The lowest BCUT2D eigenvalue weighted by Crippen LogP contribution is -2.16. The van der Waals surface area contributed by atoms with E-state index in [9.17, 15) is 20.2 Å². The van der Waals surface area contributed by atoms with Gasteiger partial charge in [-0.1, -0.05) is 0 Å². The predicted octanol–water partition coefficient (Wildman–Crippen LogP) is 1.53. The summed E-state index contributed by atoms with van der Waals surface area (Å²) in [6.07, 6.45) is 1.66. The SMILES string of the molecule is Cn1nccc1CNCc1ccc([N+](=O)[O-])cc1[N+](=O)[O-]. The minimum Gasteiger partial charge on any atom is -0.307 e. The number of hydrogen-bond acceptors (Lipinski definition) is 6. The molecule has 0 bridgehead atoms. The first-order valence-electron chi connectivity index (χ1n) is 6.08. The molecule has 0 aliphatic carbocycles. The van der Waals surface area contributed by atoms with Gasteiger partial charge in [0, 0.05) is 38.0 Å². The predicted molar refractivity (Wildman–Crippen MR) is 73.5 cm³/mol. The molecule has 0 amide bonds. The molecule has 2 rings (SSSR count). The van der Waals surface area contributed by atoms with E-state index in [0.29, 0.717) is 12.1 Å². The van der Waals surface area contributed by atoms with Crippen molar-refractivity contribution in [2.45, 2.75) is 13.1 Å². The molecular formula is C12H13N5O4. The number of nitro groups is 2. The van der Waals surface area contributed by atoms with Crippen molar-refractivity contribution in [3.8, 4) is 0 Å². The van der Waals surface area contributed by atoms with Gasteiger partial charge >= 0.3 is 0 Å². The molecule has 0 spiro atoms. The number of rotatable bonds is 6. The van der Waals surface area contributed by atoms with Gasteiger partial charge in [-0.2, -0.15) is 5.10 Å². The number of nitro benzene ring substituents is 2. The summed E-state index contributed by atoms with van der Waals surface area (Å²) in [5.41, 5.74) is 0.770. The van der Waals surface area contributed by atoms with E-state index < -0.39 is 9.85 Å². The molecular weight excluding hydrogens is 278 g/mol. The lowest BCUT2D eigenvalue weighted by atomic mass is 10.1. The Morgan fingerprint density at radius 2 is 1.95 bits per heavy atom. The van der Waals surface area contributed by atoms with E-state index in [-0.39, 0.29) is 17.9 Å². The van der Waals surface area contributed by atoms with Crippen LogP contribution in [0.25, 0.3) is 0 Å². The second-order valence-corrected chi connectivity index (χ2v) is 4.38. The van der Waals surface area contributed by atoms with Gasteiger partial charge in [0.05, 0.1) is 21.6 Å². The molecule has 110 valence electrons. The van der Waals surface area contributed by atoms with Crippen LogP contribution in [-0.4, -0.2) is 19.6 Å². The fraction of sp³-hybridized carbons (Fsp3) is 0.250. The average molecular weight is 291 g/mol. The first-order chi connectivity index (χ1) is 9.99. The normalized spacial score (nSPS) is 10.5. The van der Waals surface area contributed by atoms with Crippen molar-refractivity contribution in [2.24, 2.45) is 7.05 Å². The van der Waals surface area contributed by atoms with Crippen LogP contribution in [0, 0.1) is 20.2 Å². The Balaban J connectivity index is 2.10. The van der Waals surface area contributed by atoms with E-state index in [1.165, 1.54) is 12.1 Å². The van der Waals surface area contributed by atoms with Gasteiger partial charge in [0.2, 0.25) is 0 Å². The van der Waals surface area contributed by atoms with Crippen molar-refractivity contribution in [1.29, 1.82) is 0 Å². The molecule has 0 unspecified atom stereocenters. The maximum atomic E-state index is 11.0. The molecule has 1 aromatic carbocycles. The Morgan fingerprint density at radius 3 is 2.52 bits per heavy atom. The summed E-state index contributed by atoms with van der Waals surface area (Å²) in [5.74, 6) is 0. The number of hydrogen-bond donors (Lipinski definition) is 1. The number of nitrogens with one attached hydrogen (secondary N) is 1. The summed E-state index contributed by atoms with van der Waals surface area (Å²) < 4.78 is 1.69. The molecule has 1 heterocycles. The highest BCUT2D eigenvalue weighted by Crippen LogP contribution is 2.24. The van der Waals surface area contributed by atoms with Crippen LogP contribution in [-0.2, 0) is 20.1 Å².